The van der Waals surface area contributed by atoms with Crippen LogP contribution < -0.4 is 10.9 Å². The predicted octanol–water partition coefficient (Wildman–Crippen LogP) is 5.12. The Bertz CT molecular complexity index is 1050. The predicted molar refractivity (Wildman–Crippen MR) is 114 cm³/mol. The van der Waals surface area contributed by atoms with E-state index in [4.69, 9.17) is 11.6 Å². The number of carbonyl (C=O) groups excluding carboxylic acids is 1. The molecule has 3 rings (SSSR count). The third-order valence-corrected chi connectivity index (χ3v) is 6.40. The SMILES string of the molecule is CC[C@H](C)n1c(SCC(=O)Nc2ccc(C)cc2Cl)nc2ccsc2c1=O. The number of aryl methyl sites for hydroxylation is 1. The summed E-state index contributed by atoms with van der Waals surface area (Å²) in [4.78, 5) is 29.8. The van der Waals surface area contributed by atoms with Crippen molar-refractivity contribution in [3.8, 4) is 0 Å². The molecule has 0 aliphatic rings. The van der Waals surface area contributed by atoms with Gasteiger partial charge < -0.3 is 5.32 Å². The molecule has 1 N–H and O–H groups in total. The number of carbonyl (C=O) groups is 1. The Morgan fingerprint density at radius 2 is 2.19 bits per heavy atom. The molecule has 0 radical (unpaired) electrons. The summed E-state index contributed by atoms with van der Waals surface area (Å²) in [5.74, 6) is -0.0518. The monoisotopic (exact) mass is 421 g/mol. The highest BCUT2D eigenvalue weighted by molar-refractivity contribution is 7.99. The van der Waals surface area contributed by atoms with Gasteiger partial charge in [0, 0.05) is 6.04 Å². The molecule has 0 bridgehead atoms. The van der Waals surface area contributed by atoms with Crippen LogP contribution in [0.5, 0.6) is 0 Å². The lowest BCUT2D eigenvalue weighted by molar-refractivity contribution is -0.113. The minimum Gasteiger partial charge on any atom is -0.324 e. The van der Waals surface area contributed by atoms with Crippen molar-refractivity contribution >= 4 is 56.5 Å². The molecule has 142 valence electrons. The summed E-state index contributed by atoms with van der Waals surface area (Å²) in [6.45, 7) is 5.95. The third-order valence-electron chi connectivity index (χ3n) is 4.24. The maximum atomic E-state index is 12.8. The van der Waals surface area contributed by atoms with E-state index in [-0.39, 0.29) is 23.3 Å². The molecule has 0 saturated heterocycles. The molecule has 0 saturated carbocycles. The standard InChI is InChI=1S/C19H20ClN3O2S2/c1-4-12(3)23-18(25)17-15(7-8-26-17)22-19(23)27-10-16(24)21-14-6-5-11(2)9-13(14)20/h5-9,12H,4,10H2,1-3H3,(H,21,24)/t12-/m0/s1. The van der Waals surface area contributed by atoms with Crippen LogP contribution in [-0.2, 0) is 4.79 Å². The smallest absolute Gasteiger partial charge is 0.272 e. The molecule has 27 heavy (non-hydrogen) atoms. The van der Waals surface area contributed by atoms with Crippen LogP contribution in [0.25, 0.3) is 10.2 Å². The molecular formula is C19H20ClN3O2S2. The number of hydrogen-bond acceptors (Lipinski definition) is 5. The zero-order chi connectivity index (χ0) is 19.6. The lowest BCUT2D eigenvalue weighted by atomic mass is 10.2. The van der Waals surface area contributed by atoms with Crippen molar-refractivity contribution < 1.29 is 4.79 Å². The quantitative estimate of drug-likeness (QED) is 0.443. The average molecular weight is 422 g/mol. The number of thioether (sulfide) groups is 1. The molecule has 1 amide bonds. The number of thiophene rings is 1. The topological polar surface area (TPSA) is 64.0 Å². The van der Waals surface area contributed by atoms with Gasteiger partial charge >= 0.3 is 0 Å². The van der Waals surface area contributed by atoms with Crippen molar-refractivity contribution in [2.75, 3.05) is 11.1 Å². The number of fused-ring (bicyclic) bond motifs is 1. The Balaban J connectivity index is 1.81. The van der Waals surface area contributed by atoms with Crippen molar-refractivity contribution in [2.45, 2.75) is 38.4 Å². The molecule has 1 atom stereocenters. The highest BCUT2D eigenvalue weighted by Gasteiger charge is 2.17. The zero-order valence-electron chi connectivity index (χ0n) is 15.3. The number of rotatable bonds is 6. The lowest BCUT2D eigenvalue weighted by Crippen LogP contribution is -2.26. The Morgan fingerprint density at radius 3 is 2.89 bits per heavy atom. The molecule has 0 aliphatic heterocycles. The summed E-state index contributed by atoms with van der Waals surface area (Å²) < 4.78 is 2.34. The molecule has 2 aromatic heterocycles. The zero-order valence-corrected chi connectivity index (χ0v) is 17.7. The van der Waals surface area contributed by atoms with Crippen LogP contribution in [0, 0.1) is 6.92 Å². The first-order chi connectivity index (χ1) is 12.9. The highest BCUT2D eigenvalue weighted by atomic mass is 35.5. The lowest BCUT2D eigenvalue weighted by Gasteiger charge is -2.17. The van der Waals surface area contributed by atoms with Gasteiger partial charge in [0.05, 0.1) is 22.0 Å². The average Bonchev–Trinajstić information content (AvgIpc) is 3.11. The van der Waals surface area contributed by atoms with E-state index in [9.17, 15) is 9.59 Å². The first-order valence-corrected chi connectivity index (χ1v) is 10.8. The first-order valence-electron chi connectivity index (χ1n) is 8.59. The van der Waals surface area contributed by atoms with Gasteiger partial charge in [0.1, 0.15) is 4.70 Å². The summed E-state index contributed by atoms with van der Waals surface area (Å²) in [6.07, 6.45) is 0.803. The number of hydrogen-bond donors (Lipinski definition) is 1. The van der Waals surface area contributed by atoms with E-state index in [1.54, 1.807) is 16.7 Å². The number of anilines is 1. The summed E-state index contributed by atoms with van der Waals surface area (Å²) in [5.41, 5.74) is 2.23. The fraction of sp³-hybridized carbons (Fsp3) is 0.316. The van der Waals surface area contributed by atoms with Gasteiger partial charge in [-0.15, -0.1) is 11.3 Å². The largest absolute Gasteiger partial charge is 0.324 e. The molecule has 8 heteroatoms. The van der Waals surface area contributed by atoms with Gasteiger partial charge in [-0.3, -0.25) is 14.2 Å². The molecule has 0 fully saturated rings. The second kappa shape index (κ2) is 8.46. The molecule has 0 aliphatic carbocycles. The van der Waals surface area contributed by atoms with E-state index in [1.165, 1.54) is 23.1 Å². The Labute approximate surface area is 170 Å². The number of amides is 1. The van der Waals surface area contributed by atoms with E-state index in [0.717, 1.165) is 12.0 Å². The van der Waals surface area contributed by atoms with Crippen LogP contribution in [0.15, 0.2) is 39.6 Å². The van der Waals surface area contributed by atoms with Gasteiger partial charge in [0.2, 0.25) is 5.91 Å². The molecule has 2 heterocycles. The molecule has 0 unspecified atom stereocenters. The van der Waals surface area contributed by atoms with Crippen LogP contribution >= 0.6 is 34.7 Å². The Kier molecular flexibility index (Phi) is 6.24. The van der Waals surface area contributed by atoms with E-state index in [0.29, 0.717) is 26.1 Å². The number of benzene rings is 1. The summed E-state index contributed by atoms with van der Waals surface area (Å²) in [5, 5.41) is 5.74. The molecule has 3 aromatic rings. The summed E-state index contributed by atoms with van der Waals surface area (Å²) in [7, 11) is 0. The summed E-state index contributed by atoms with van der Waals surface area (Å²) >= 11 is 8.83. The number of nitrogens with zero attached hydrogens (tertiary/aromatic N) is 2. The number of aromatic nitrogens is 2. The maximum absolute atomic E-state index is 12.8. The fourth-order valence-corrected chi connectivity index (χ4v) is 4.56. The van der Waals surface area contributed by atoms with Gasteiger partial charge in [-0.1, -0.05) is 36.4 Å². The molecule has 1 aromatic carbocycles. The number of halogens is 1. The number of nitrogens with one attached hydrogen (secondary N) is 1. The van der Waals surface area contributed by atoms with Crippen LogP contribution in [-0.4, -0.2) is 21.2 Å². The van der Waals surface area contributed by atoms with E-state index < -0.39 is 0 Å². The summed E-state index contributed by atoms with van der Waals surface area (Å²) in [6, 6.07) is 7.32. The molecule has 5 nitrogen and oxygen atoms in total. The fourth-order valence-electron chi connectivity index (χ4n) is 2.61. The first kappa shape index (κ1) is 19.9. The minimum atomic E-state index is -0.193. The van der Waals surface area contributed by atoms with Crippen LogP contribution in [0.3, 0.4) is 0 Å². The minimum absolute atomic E-state index is 0.00797. The maximum Gasteiger partial charge on any atom is 0.272 e. The van der Waals surface area contributed by atoms with Gasteiger partial charge in [-0.05, 0) is 49.4 Å². The van der Waals surface area contributed by atoms with Gasteiger partial charge in [-0.2, -0.15) is 0 Å². The highest BCUT2D eigenvalue weighted by Crippen LogP contribution is 2.26. The van der Waals surface area contributed by atoms with Crippen LogP contribution in [0.2, 0.25) is 5.02 Å². The molecular weight excluding hydrogens is 402 g/mol. The van der Waals surface area contributed by atoms with Gasteiger partial charge in [0.25, 0.3) is 5.56 Å². The Morgan fingerprint density at radius 1 is 1.41 bits per heavy atom. The van der Waals surface area contributed by atoms with Crippen molar-refractivity contribution in [1.82, 2.24) is 9.55 Å². The second-order valence-corrected chi connectivity index (χ2v) is 8.55. The second-order valence-electron chi connectivity index (χ2n) is 6.28. The molecule has 0 spiro atoms. The normalized spacial score (nSPS) is 12.3. The van der Waals surface area contributed by atoms with Crippen molar-refractivity contribution in [2.24, 2.45) is 0 Å². The third kappa shape index (κ3) is 4.36. The van der Waals surface area contributed by atoms with E-state index >= 15 is 0 Å². The van der Waals surface area contributed by atoms with Crippen LogP contribution in [0.4, 0.5) is 5.69 Å². The van der Waals surface area contributed by atoms with Crippen LogP contribution in [0.1, 0.15) is 31.9 Å². The van der Waals surface area contributed by atoms with Gasteiger partial charge in [-0.25, -0.2) is 4.98 Å². The van der Waals surface area contributed by atoms with E-state index in [2.05, 4.69) is 10.3 Å². The van der Waals surface area contributed by atoms with Crippen molar-refractivity contribution in [1.29, 1.82) is 0 Å². The van der Waals surface area contributed by atoms with Crippen molar-refractivity contribution in [3.63, 3.8) is 0 Å². The Hall–Kier alpha value is -1.83. The van der Waals surface area contributed by atoms with E-state index in [1.807, 2.05) is 38.3 Å². The van der Waals surface area contributed by atoms with Crippen molar-refractivity contribution in [3.05, 3.63) is 50.6 Å². The van der Waals surface area contributed by atoms with Gasteiger partial charge in [0.15, 0.2) is 5.16 Å².